The Morgan fingerprint density at radius 2 is 1.15 bits per heavy atom. The number of pyridine rings is 1. The van der Waals surface area contributed by atoms with Gasteiger partial charge in [0.15, 0.2) is 11.2 Å². The van der Waals surface area contributed by atoms with Gasteiger partial charge in [0.1, 0.15) is 11.2 Å². The molecule has 0 bridgehead atoms. The highest BCUT2D eigenvalue weighted by Crippen LogP contribution is 2.44. The average molecular weight is 609 g/mol. The molecule has 4 heterocycles. The van der Waals surface area contributed by atoms with Gasteiger partial charge in [0, 0.05) is 58.7 Å². The molecule has 0 spiro atoms. The summed E-state index contributed by atoms with van der Waals surface area (Å²) in [7, 11) is 0. The zero-order valence-corrected chi connectivity index (χ0v) is 25.3. The number of benzene rings is 6. The van der Waals surface area contributed by atoms with Gasteiger partial charge in [-0.3, -0.25) is 4.98 Å². The maximum absolute atomic E-state index is 6.55. The van der Waals surface area contributed by atoms with E-state index in [1.807, 2.05) is 47.9 Å². The summed E-state index contributed by atoms with van der Waals surface area (Å²) in [6.45, 7) is 0. The molecule has 46 heavy (non-hydrogen) atoms. The molecule has 4 aromatic heterocycles. The van der Waals surface area contributed by atoms with Crippen LogP contribution in [0.2, 0.25) is 0 Å². The topological polar surface area (TPSA) is 42.4 Å². The largest absolute Gasteiger partial charge is 0.454 e. The number of hydrogen-bond acceptors (Lipinski definition) is 5. The highest BCUT2D eigenvalue weighted by atomic mass is 32.1. The third kappa shape index (κ3) is 3.82. The van der Waals surface area contributed by atoms with E-state index in [2.05, 4.69) is 114 Å². The lowest BCUT2D eigenvalue weighted by atomic mass is 10.1. The monoisotopic (exact) mass is 608 g/mol. The summed E-state index contributed by atoms with van der Waals surface area (Å²) in [5.74, 6) is 0. The minimum atomic E-state index is 0.795. The first-order valence-electron chi connectivity index (χ1n) is 15.3. The molecule has 10 aromatic rings. The van der Waals surface area contributed by atoms with E-state index in [9.17, 15) is 0 Å². The second-order valence-electron chi connectivity index (χ2n) is 11.6. The Morgan fingerprint density at radius 1 is 0.478 bits per heavy atom. The van der Waals surface area contributed by atoms with Crippen molar-refractivity contribution in [3.05, 3.63) is 146 Å². The molecular formula is C41H24N2O2S. The van der Waals surface area contributed by atoms with Gasteiger partial charge in [0.05, 0.1) is 17.6 Å². The fraction of sp³-hybridized carbons (Fsp3) is 0. The van der Waals surface area contributed by atoms with E-state index >= 15 is 0 Å². The van der Waals surface area contributed by atoms with Crippen molar-refractivity contribution < 1.29 is 8.83 Å². The molecule has 0 aliphatic rings. The van der Waals surface area contributed by atoms with Gasteiger partial charge in [-0.2, -0.15) is 0 Å². The number of aromatic nitrogens is 1. The Morgan fingerprint density at radius 3 is 2.00 bits per heavy atom. The van der Waals surface area contributed by atoms with Gasteiger partial charge >= 0.3 is 0 Å². The summed E-state index contributed by atoms with van der Waals surface area (Å²) in [5.41, 5.74) is 8.46. The first-order chi connectivity index (χ1) is 22.8. The zero-order chi connectivity index (χ0) is 30.2. The molecule has 6 aromatic carbocycles. The molecular weight excluding hydrogens is 585 g/mol. The molecule has 4 nitrogen and oxygen atoms in total. The van der Waals surface area contributed by atoms with Crippen molar-refractivity contribution in [2.75, 3.05) is 4.90 Å². The average Bonchev–Trinajstić information content (AvgIpc) is 3.80. The predicted molar refractivity (Wildman–Crippen MR) is 192 cm³/mol. The van der Waals surface area contributed by atoms with Crippen LogP contribution in [0, 0.1) is 0 Å². The van der Waals surface area contributed by atoms with Crippen molar-refractivity contribution in [2.45, 2.75) is 0 Å². The van der Waals surface area contributed by atoms with Gasteiger partial charge < -0.3 is 13.7 Å². The highest BCUT2D eigenvalue weighted by molar-refractivity contribution is 7.25. The molecule has 0 atom stereocenters. The zero-order valence-electron chi connectivity index (χ0n) is 24.5. The minimum Gasteiger partial charge on any atom is -0.454 e. The van der Waals surface area contributed by atoms with Gasteiger partial charge in [0.2, 0.25) is 0 Å². The van der Waals surface area contributed by atoms with Crippen molar-refractivity contribution in [3.63, 3.8) is 0 Å². The lowest BCUT2D eigenvalue weighted by Crippen LogP contribution is -2.10. The van der Waals surface area contributed by atoms with Crippen molar-refractivity contribution in [1.29, 1.82) is 0 Å². The second-order valence-corrected chi connectivity index (χ2v) is 12.7. The fourth-order valence-electron chi connectivity index (χ4n) is 6.76. The van der Waals surface area contributed by atoms with Gasteiger partial charge in [-0.25, -0.2) is 0 Å². The van der Waals surface area contributed by atoms with E-state index < -0.39 is 0 Å². The third-order valence-corrected chi connectivity index (χ3v) is 10.1. The molecule has 0 fully saturated rings. The van der Waals surface area contributed by atoms with Crippen molar-refractivity contribution in [3.8, 4) is 11.3 Å². The van der Waals surface area contributed by atoms with Gasteiger partial charge in [-0.1, -0.05) is 84.9 Å². The minimum absolute atomic E-state index is 0.795. The maximum Gasteiger partial charge on any atom is 0.159 e. The number of hydrogen-bond donors (Lipinski definition) is 0. The molecule has 0 radical (unpaired) electrons. The van der Waals surface area contributed by atoms with E-state index in [1.165, 1.54) is 20.2 Å². The predicted octanol–water partition coefficient (Wildman–Crippen LogP) is 12.4. The van der Waals surface area contributed by atoms with Gasteiger partial charge in [0.25, 0.3) is 0 Å². The van der Waals surface area contributed by atoms with Crippen LogP contribution in [-0.2, 0) is 0 Å². The molecule has 0 aliphatic heterocycles. The summed E-state index contributed by atoms with van der Waals surface area (Å²) in [6.07, 6.45) is 1.83. The van der Waals surface area contributed by atoms with Crippen LogP contribution in [0.4, 0.5) is 17.1 Å². The van der Waals surface area contributed by atoms with Gasteiger partial charge in [-0.15, -0.1) is 11.3 Å². The van der Waals surface area contributed by atoms with Crippen LogP contribution in [0.15, 0.2) is 155 Å². The van der Waals surface area contributed by atoms with Crippen molar-refractivity contribution >= 4 is 92.4 Å². The molecule has 216 valence electrons. The SMILES string of the molecule is c1ccc2c(c1)oc1cnc(-c3ccc(N(c4ccc5c(c4)sc4ccccc45)c4cccc5c4oc4ccccc45)cc3)cc12. The Balaban J connectivity index is 1.15. The van der Waals surface area contributed by atoms with Crippen LogP contribution in [0.5, 0.6) is 0 Å². The third-order valence-electron chi connectivity index (χ3n) is 8.93. The fourth-order valence-corrected chi connectivity index (χ4v) is 7.90. The number of para-hydroxylation sites is 3. The number of fused-ring (bicyclic) bond motifs is 9. The standard InChI is InChI=1S/C41H24N2O2S/c1-5-14-37-28(8-1)32-11-7-12-35(41(32)45-37)43(27-20-21-31-30-10-3-6-15-39(30)46-40(31)22-27)26-18-16-25(17-19-26)34-23-33-29-9-2-4-13-36(29)44-38(33)24-42-34/h1-24H. The number of anilines is 3. The first kappa shape index (κ1) is 25.4. The summed E-state index contributed by atoms with van der Waals surface area (Å²) in [5, 5.41) is 6.94. The van der Waals surface area contributed by atoms with Crippen LogP contribution in [-0.4, -0.2) is 4.98 Å². The van der Waals surface area contributed by atoms with E-state index in [0.29, 0.717) is 0 Å². The molecule has 0 unspecified atom stereocenters. The molecule has 10 rings (SSSR count). The number of nitrogens with zero attached hydrogens (tertiary/aromatic N) is 2. The summed E-state index contributed by atoms with van der Waals surface area (Å²) >= 11 is 1.83. The smallest absolute Gasteiger partial charge is 0.159 e. The van der Waals surface area contributed by atoms with Crippen LogP contribution in [0.1, 0.15) is 0 Å². The number of rotatable bonds is 4. The summed E-state index contributed by atoms with van der Waals surface area (Å²) in [4.78, 5) is 7.07. The van der Waals surface area contributed by atoms with Gasteiger partial charge in [-0.05, 0) is 54.6 Å². The molecule has 0 aliphatic carbocycles. The Kier molecular flexibility index (Phi) is 5.41. The molecule has 0 N–H and O–H groups in total. The lowest BCUT2D eigenvalue weighted by molar-refractivity contribution is 0.667. The quantitative estimate of drug-likeness (QED) is 0.199. The first-order valence-corrected chi connectivity index (χ1v) is 16.1. The summed E-state index contributed by atoms with van der Waals surface area (Å²) < 4.78 is 15.1. The number of thiophene rings is 1. The summed E-state index contributed by atoms with van der Waals surface area (Å²) in [6, 6.07) is 48.9. The van der Waals surface area contributed by atoms with E-state index in [4.69, 9.17) is 13.8 Å². The number of furan rings is 2. The van der Waals surface area contributed by atoms with E-state index in [0.717, 1.165) is 72.2 Å². The molecule has 0 saturated heterocycles. The normalized spacial score (nSPS) is 11.9. The van der Waals surface area contributed by atoms with Crippen LogP contribution >= 0.6 is 11.3 Å². The maximum atomic E-state index is 6.55. The van der Waals surface area contributed by atoms with E-state index in [-0.39, 0.29) is 0 Å². The van der Waals surface area contributed by atoms with Crippen LogP contribution < -0.4 is 4.90 Å². The van der Waals surface area contributed by atoms with Crippen LogP contribution in [0.25, 0.3) is 75.3 Å². The van der Waals surface area contributed by atoms with Crippen molar-refractivity contribution in [1.82, 2.24) is 4.98 Å². The Bertz CT molecular complexity index is 2770. The highest BCUT2D eigenvalue weighted by Gasteiger charge is 2.20. The van der Waals surface area contributed by atoms with Crippen LogP contribution in [0.3, 0.4) is 0 Å². The second kappa shape index (κ2) is 9.80. The molecule has 5 heteroatoms. The van der Waals surface area contributed by atoms with Crippen molar-refractivity contribution in [2.24, 2.45) is 0 Å². The lowest BCUT2D eigenvalue weighted by Gasteiger charge is -2.26. The van der Waals surface area contributed by atoms with E-state index in [1.54, 1.807) is 0 Å². The molecule has 0 saturated carbocycles. The molecule has 0 amide bonds. The Labute approximate surface area is 267 Å². The Hall–Kier alpha value is -5.91.